The van der Waals surface area contributed by atoms with Crippen LogP contribution in [0.15, 0.2) is 164 Å². The van der Waals surface area contributed by atoms with Crippen molar-refractivity contribution in [1.29, 1.82) is 0 Å². The van der Waals surface area contributed by atoms with Crippen LogP contribution in [0.1, 0.15) is 145 Å². The first kappa shape index (κ1) is 114. The predicted octanol–water partition coefficient (Wildman–Crippen LogP) is 0.381. The zero-order valence-electron chi connectivity index (χ0n) is 82.9. The number of phenolic OH excluding ortho intramolecular Hbond substituents is 1. The van der Waals surface area contributed by atoms with Crippen molar-refractivity contribution in [3.8, 4) is 17.6 Å². The molecule has 784 valence electrons. The Morgan fingerprint density at radius 2 is 1.17 bits per heavy atom. The number of likely N-dealkylation sites (N-methyl/N-ethyl adjacent to an activating group) is 1. The summed E-state index contributed by atoms with van der Waals surface area (Å²) >= 11 is 7.15. The minimum absolute atomic E-state index is 0.00141. The summed E-state index contributed by atoms with van der Waals surface area (Å²) in [5, 5.41) is 67.9. The van der Waals surface area contributed by atoms with E-state index in [0.717, 1.165) is 50.5 Å². The number of nitrogens with two attached hydrogens (primary N) is 2. The second-order valence-corrected chi connectivity index (χ2v) is 38.8. The lowest BCUT2D eigenvalue weighted by Crippen LogP contribution is -2.62. The largest absolute Gasteiger partial charge is 0.508 e. The van der Waals surface area contributed by atoms with Crippen LogP contribution in [-0.2, 0) is 119 Å². The van der Waals surface area contributed by atoms with Crippen LogP contribution in [0.4, 0.5) is 5.69 Å². The minimum atomic E-state index is -1.90. The van der Waals surface area contributed by atoms with Gasteiger partial charge in [0, 0.05) is 119 Å². The number of benzene rings is 6. The fourth-order valence-electron chi connectivity index (χ4n) is 16.9. The molecule has 41 nitrogen and oxygen atoms in total. The van der Waals surface area contributed by atoms with Crippen molar-refractivity contribution >= 4 is 146 Å². The molecule has 0 spiro atoms. The summed E-state index contributed by atoms with van der Waals surface area (Å²) in [7, 11) is 1.15. The number of imide groups is 1. The highest BCUT2D eigenvalue weighted by atomic mass is 35.5. The number of aliphatic hydroxyl groups is 2. The summed E-state index contributed by atoms with van der Waals surface area (Å²) in [6.45, 7) is 8.01. The monoisotopic (exact) mass is 2060 g/mol. The van der Waals surface area contributed by atoms with Gasteiger partial charge in [-0.05, 0) is 145 Å². The number of fused-ring (bicyclic) bond motifs is 3. The van der Waals surface area contributed by atoms with Crippen molar-refractivity contribution in [1.82, 2.24) is 88.8 Å². The van der Waals surface area contributed by atoms with Gasteiger partial charge in [-0.15, -0.1) is 11.8 Å². The number of rotatable bonds is 54. The highest BCUT2D eigenvalue weighted by Crippen LogP contribution is 2.30. The molecule has 0 bridgehead atoms. The Hall–Kier alpha value is -14.8. The lowest BCUT2D eigenvalue weighted by Gasteiger charge is -2.32. The van der Waals surface area contributed by atoms with E-state index in [0.29, 0.717) is 64.3 Å². The smallest absolute Gasteiger partial charge is 0.247 e. The van der Waals surface area contributed by atoms with Gasteiger partial charge in [-0.1, -0.05) is 154 Å². The van der Waals surface area contributed by atoms with E-state index >= 15 is 14.4 Å². The van der Waals surface area contributed by atoms with Crippen LogP contribution in [0.2, 0.25) is 5.02 Å². The van der Waals surface area contributed by atoms with Crippen molar-refractivity contribution in [3.63, 3.8) is 0 Å². The van der Waals surface area contributed by atoms with Gasteiger partial charge in [0.2, 0.25) is 106 Å². The van der Waals surface area contributed by atoms with E-state index in [1.54, 1.807) is 55.1 Å². The number of primary amides is 2. The van der Waals surface area contributed by atoms with Crippen molar-refractivity contribution in [3.05, 3.63) is 208 Å². The van der Waals surface area contributed by atoms with Crippen LogP contribution in [0.25, 0.3) is 10.8 Å². The molecule has 3 aliphatic heterocycles. The summed E-state index contributed by atoms with van der Waals surface area (Å²) < 4.78 is 0. The molecule has 43 heteroatoms. The average Bonchev–Trinajstić information content (AvgIpc) is 1.53. The number of halogens is 1. The second-order valence-electron chi connectivity index (χ2n) is 37.1. The van der Waals surface area contributed by atoms with Crippen LogP contribution in [0.3, 0.4) is 0 Å². The zero-order chi connectivity index (χ0) is 107. The molecule has 0 radical (unpaired) electrons. The standard InChI is InChI=1S/C104H129ClN20O21S/c1-60(2)46-76(117-99(141)80(52-87(106)129)120-101(143)85(51-65-30-37-74(128)38-31-65)122(7)102(144)81(58-126)121-98(140)79(50-67-18-16-41-108-54-67)119-97(139)78(48-64-28-35-73(105)36-29-64)118-96(138)77(114-63(6)127)49-66-27-32-68-19-8-10-22-71(68)47-66)95(137)116-75(24-14-15-42-109-61(3)4)103(145)123-44-17-26-84(123)100(142)113-62(5)94(136)112-55-89(131)111-56-90(132)115-82(93(107)135)59-147-86-53-92(134)124(104(86)146)45-40-88(130)110-43-39-91(133)125-57-72-23-11-9-20-69(72)33-34-70-21-12-13-25-83(70)125/h8-13,16,18-23,25,27-32,35-38,41,47,54,60-62,75-82,84-86,88,109-110,126,128,130H,14-15,17,24,26,39-40,42-46,48-53,55-59H2,1-7H3,(H2,106,129)(H2,107,135)(H,111,131)(H,112,136)(H,113,142)(H,114,127)(H,115,132)(H,116,137)(H,117,141)(H,118,138)(H,119,139)(H,120,143)(H,121,140)/t62-,75+,76+,77-,78-,79-,80-,81+,82+,84+,85+,86?,88?/m1/s1. The van der Waals surface area contributed by atoms with Gasteiger partial charge in [-0.2, -0.15) is 0 Å². The number of aliphatic hydroxyl groups excluding tert-OH is 2. The van der Waals surface area contributed by atoms with Gasteiger partial charge in [-0.25, -0.2) is 0 Å². The Balaban J connectivity index is 0.729. The number of phenols is 1. The molecule has 3 aliphatic rings. The van der Waals surface area contributed by atoms with E-state index in [1.165, 1.54) is 55.4 Å². The van der Waals surface area contributed by atoms with Crippen LogP contribution < -0.4 is 85.5 Å². The first-order valence-corrected chi connectivity index (χ1v) is 50.1. The first-order chi connectivity index (χ1) is 70.2. The molecule has 2 unspecified atom stereocenters. The zero-order valence-corrected chi connectivity index (χ0v) is 84.5. The molecule has 0 aliphatic carbocycles. The number of nitrogens with one attached hydrogen (secondary N) is 13. The highest BCUT2D eigenvalue weighted by molar-refractivity contribution is 8.00. The maximum atomic E-state index is 15.1. The van der Waals surface area contributed by atoms with E-state index < -0.39 is 211 Å². The number of pyridine rings is 1. The van der Waals surface area contributed by atoms with Crippen LogP contribution >= 0.6 is 23.4 Å². The topological polar surface area (TPSA) is 602 Å². The molecule has 0 saturated carbocycles. The number of anilines is 1. The van der Waals surface area contributed by atoms with Crippen LogP contribution in [-0.4, -0.2) is 284 Å². The number of thioether (sulfide) groups is 1. The number of nitrogens with zero attached hydrogens (tertiary/aromatic N) is 5. The number of hydrogen-bond acceptors (Lipinski definition) is 25. The Bertz CT molecular complexity index is 5950. The van der Waals surface area contributed by atoms with E-state index in [1.807, 2.05) is 105 Å². The number of aromatic hydroxyl groups is 1. The molecule has 7 aromatic rings. The third-order valence-electron chi connectivity index (χ3n) is 24.8. The summed E-state index contributed by atoms with van der Waals surface area (Å²) in [6.07, 6.45) is 0.704. The number of amides is 18. The van der Waals surface area contributed by atoms with Crippen molar-refractivity contribution in [2.24, 2.45) is 17.4 Å². The van der Waals surface area contributed by atoms with E-state index in [-0.39, 0.29) is 113 Å². The number of unbranched alkanes of at least 4 members (excludes halogenated alkanes) is 1. The Morgan fingerprint density at radius 1 is 0.578 bits per heavy atom. The first-order valence-electron chi connectivity index (χ1n) is 48.7. The summed E-state index contributed by atoms with van der Waals surface area (Å²) in [6, 6.07) is 26.4. The SMILES string of the molecule is CC(=O)N[C@H](Cc1ccc2ccccc2c1)C(=O)N[C@H](Cc1ccc(Cl)cc1)C(=O)N[C@H](Cc1cccnc1)C(=O)N[C@@H](CO)C(=O)N(C)[C@@H](Cc1ccc(O)cc1)C(=O)N[C@H](CC(N)=O)C(=O)N[C@@H](CC(C)C)C(=O)N[C@@H](CCCCNC(C)C)C(=O)N1CCC[C@H]1C(=O)N[C@H](C)C(=O)NCC(=O)NCC(=O)N[C@@H](CSC1CC(=O)N(CCC(O)NCCC(=O)N2Cc3ccccc3C#Cc3ccccc32)C1=O)C(N)=O. The molecule has 10 rings (SSSR count). The molecule has 18 amide bonds. The Labute approximate surface area is 860 Å². The molecule has 2 fully saturated rings. The van der Waals surface area contributed by atoms with Gasteiger partial charge in [0.25, 0.3) is 0 Å². The van der Waals surface area contributed by atoms with Crippen molar-refractivity contribution in [2.45, 2.75) is 222 Å². The normalized spacial score (nSPS) is 15.9. The summed E-state index contributed by atoms with van der Waals surface area (Å²) in [4.78, 5) is 261. The predicted molar refractivity (Wildman–Crippen MR) is 546 cm³/mol. The van der Waals surface area contributed by atoms with Crippen LogP contribution in [0, 0.1) is 17.8 Å². The summed E-state index contributed by atoms with van der Waals surface area (Å²) in [5.41, 5.74) is 16.3. The summed E-state index contributed by atoms with van der Waals surface area (Å²) in [5.74, 6) is -9.63. The van der Waals surface area contributed by atoms with Gasteiger partial charge in [0.15, 0.2) is 0 Å². The van der Waals surface area contributed by atoms with Gasteiger partial charge < -0.3 is 105 Å². The molecular weight excluding hydrogens is 1930 g/mol. The van der Waals surface area contributed by atoms with E-state index in [9.17, 15) is 87.2 Å². The number of carbonyl (C=O) groups is 18. The third-order valence-corrected chi connectivity index (χ3v) is 26.3. The molecule has 2 saturated heterocycles. The van der Waals surface area contributed by atoms with E-state index in [4.69, 9.17) is 23.1 Å². The van der Waals surface area contributed by atoms with Gasteiger partial charge in [0.1, 0.15) is 78.4 Å². The lowest BCUT2D eigenvalue weighted by molar-refractivity contribution is -0.144. The van der Waals surface area contributed by atoms with Gasteiger partial charge >= 0.3 is 0 Å². The number of aromatic nitrogens is 1. The fourth-order valence-corrected chi connectivity index (χ4v) is 18.3. The number of para-hydroxylation sites is 1. The third kappa shape index (κ3) is 35.0. The molecule has 1 aromatic heterocycles. The Morgan fingerprint density at radius 3 is 1.84 bits per heavy atom. The number of carbonyl (C=O) groups excluding carboxylic acids is 18. The van der Waals surface area contributed by atoms with Crippen molar-refractivity contribution < 1.29 is 102 Å². The van der Waals surface area contributed by atoms with Crippen molar-refractivity contribution in [2.75, 3.05) is 63.6 Å². The quantitative estimate of drug-likeness (QED) is 0.0106. The maximum absolute atomic E-state index is 15.1. The Kier molecular flexibility index (Phi) is 43.5. The van der Waals surface area contributed by atoms with E-state index in [2.05, 4.69) is 85.9 Å². The van der Waals surface area contributed by atoms with Gasteiger partial charge in [0.05, 0.1) is 43.6 Å². The highest BCUT2D eigenvalue weighted by Gasteiger charge is 2.44. The fraction of sp³-hybridized carbons (Fsp3) is 0.433. The molecular formula is C104H129ClN20O21S. The number of hydrogen-bond donors (Lipinski definition) is 18. The average molecular weight is 2060 g/mol. The lowest BCUT2D eigenvalue weighted by atomic mass is 9.99. The van der Waals surface area contributed by atoms with Crippen LogP contribution in [0.5, 0.6) is 5.75 Å². The molecule has 20 N–H and O–H groups in total. The number of likely N-dealkylation sites (tertiary alicyclic amines) is 2. The molecule has 147 heavy (non-hydrogen) atoms. The minimum Gasteiger partial charge on any atom is -0.508 e. The molecule has 4 heterocycles. The second kappa shape index (κ2) is 56.1. The molecule has 6 aromatic carbocycles. The maximum Gasteiger partial charge on any atom is 0.247 e. The van der Waals surface area contributed by atoms with Gasteiger partial charge in [-0.3, -0.25) is 102 Å². The molecule has 13 atom stereocenters.